The molecule has 0 saturated carbocycles. The van der Waals surface area contributed by atoms with Crippen LogP contribution in [0.3, 0.4) is 0 Å². The highest BCUT2D eigenvalue weighted by atomic mass is 32.2. The van der Waals surface area contributed by atoms with Crippen molar-refractivity contribution in [2.45, 2.75) is 23.8 Å². The molecule has 1 saturated heterocycles. The van der Waals surface area contributed by atoms with Crippen molar-refractivity contribution < 1.29 is 22.7 Å². The third kappa shape index (κ3) is 3.22. The largest absolute Gasteiger partial charge is 0.478 e. The summed E-state index contributed by atoms with van der Waals surface area (Å²) in [4.78, 5) is 10.3. The summed E-state index contributed by atoms with van der Waals surface area (Å²) in [6, 6.07) is 2.64. The van der Waals surface area contributed by atoms with Gasteiger partial charge in [-0.3, -0.25) is 0 Å². The maximum atomic E-state index is 14.0. The molecule has 6 nitrogen and oxygen atoms in total. The highest BCUT2D eigenvalue weighted by molar-refractivity contribution is 7.89. The summed E-state index contributed by atoms with van der Waals surface area (Å²) in [5, 5.41) is 11.9. The molecular formula is C13H17FN2O4S. The first-order valence-electron chi connectivity index (χ1n) is 6.55. The zero-order chi connectivity index (χ0) is 15.6. The minimum Gasteiger partial charge on any atom is -0.478 e. The monoisotopic (exact) mass is 316 g/mol. The lowest BCUT2D eigenvalue weighted by Gasteiger charge is -2.30. The fraction of sp³-hybridized carbons (Fsp3) is 0.462. The van der Waals surface area contributed by atoms with Crippen molar-refractivity contribution in [2.24, 2.45) is 0 Å². The quantitative estimate of drug-likeness (QED) is 0.862. The van der Waals surface area contributed by atoms with Crippen LogP contribution in [0.15, 0.2) is 23.1 Å². The number of benzene rings is 1. The molecule has 0 radical (unpaired) electrons. The molecule has 0 amide bonds. The lowest BCUT2D eigenvalue weighted by molar-refractivity contribution is 0.0696. The number of hydrogen-bond acceptors (Lipinski definition) is 4. The number of rotatable bonds is 4. The standard InChI is InChI=1S/C13H17FN2O4S/c1-16(10-4-6-15-7-5-10)21(19,20)12-3-2-9(13(17)18)8-11(12)14/h2-3,8,10,15H,4-7H2,1H3,(H,17,18). The number of hydrogen-bond donors (Lipinski definition) is 2. The summed E-state index contributed by atoms with van der Waals surface area (Å²) in [7, 11) is -2.55. The van der Waals surface area contributed by atoms with E-state index in [0.717, 1.165) is 18.2 Å². The molecule has 1 aromatic rings. The van der Waals surface area contributed by atoms with Crippen LogP contribution < -0.4 is 5.32 Å². The van der Waals surface area contributed by atoms with E-state index in [1.54, 1.807) is 0 Å². The van der Waals surface area contributed by atoms with Gasteiger partial charge in [0.25, 0.3) is 0 Å². The highest BCUT2D eigenvalue weighted by Crippen LogP contribution is 2.23. The zero-order valence-corrected chi connectivity index (χ0v) is 12.4. The van der Waals surface area contributed by atoms with Gasteiger partial charge in [-0.1, -0.05) is 0 Å². The number of carboxylic acids is 1. The van der Waals surface area contributed by atoms with E-state index < -0.39 is 26.7 Å². The maximum Gasteiger partial charge on any atom is 0.335 e. The first-order valence-corrected chi connectivity index (χ1v) is 7.99. The second kappa shape index (κ2) is 6.08. The Bertz CT molecular complexity index is 642. The number of nitrogens with zero attached hydrogens (tertiary/aromatic N) is 1. The molecule has 0 bridgehead atoms. The molecule has 2 rings (SSSR count). The van der Waals surface area contributed by atoms with E-state index in [1.165, 1.54) is 11.4 Å². The summed E-state index contributed by atoms with van der Waals surface area (Å²) in [5.41, 5.74) is -0.282. The number of sulfonamides is 1. The Morgan fingerprint density at radius 1 is 1.38 bits per heavy atom. The van der Waals surface area contributed by atoms with Gasteiger partial charge in [0.15, 0.2) is 0 Å². The predicted octanol–water partition coefficient (Wildman–Crippen LogP) is 0.896. The Morgan fingerprint density at radius 2 is 2.00 bits per heavy atom. The molecule has 116 valence electrons. The van der Waals surface area contributed by atoms with Crippen LogP contribution in [-0.2, 0) is 10.0 Å². The minimum atomic E-state index is -3.97. The van der Waals surface area contributed by atoms with Crippen molar-refractivity contribution in [3.63, 3.8) is 0 Å². The Hall–Kier alpha value is -1.51. The molecule has 1 aromatic carbocycles. The van der Waals surface area contributed by atoms with Gasteiger partial charge in [0.05, 0.1) is 5.56 Å². The average molecular weight is 316 g/mol. The summed E-state index contributed by atoms with van der Waals surface area (Å²) >= 11 is 0. The number of aromatic carboxylic acids is 1. The number of carbonyl (C=O) groups is 1. The van der Waals surface area contributed by atoms with Crippen molar-refractivity contribution in [3.8, 4) is 0 Å². The molecule has 2 N–H and O–H groups in total. The second-order valence-electron chi connectivity index (χ2n) is 4.95. The van der Waals surface area contributed by atoms with E-state index in [4.69, 9.17) is 5.11 Å². The zero-order valence-electron chi connectivity index (χ0n) is 11.5. The van der Waals surface area contributed by atoms with Crippen LogP contribution in [0, 0.1) is 5.82 Å². The van der Waals surface area contributed by atoms with E-state index in [-0.39, 0.29) is 11.6 Å². The van der Waals surface area contributed by atoms with E-state index in [0.29, 0.717) is 25.9 Å². The molecule has 1 aliphatic heterocycles. The van der Waals surface area contributed by atoms with Crippen molar-refractivity contribution in [1.29, 1.82) is 0 Å². The smallest absolute Gasteiger partial charge is 0.335 e. The van der Waals surface area contributed by atoms with Gasteiger partial charge in [-0.2, -0.15) is 4.31 Å². The number of halogens is 1. The van der Waals surface area contributed by atoms with Crippen LogP contribution in [0.2, 0.25) is 0 Å². The fourth-order valence-corrected chi connectivity index (χ4v) is 3.82. The maximum absolute atomic E-state index is 14.0. The van der Waals surface area contributed by atoms with Gasteiger partial charge in [-0.05, 0) is 44.1 Å². The van der Waals surface area contributed by atoms with Gasteiger partial charge < -0.3 is 10.4 Å². The average Bonchev–Trinajstić information content (AvgIpc) is 2.46. The van der Waals surface area contributed by atoms with E-state index in [9.17, 15) is 17.6 Å². The molecule has 8 heteroatoms. The Morgan fingerprint density at radius 3 is 2.52 bits per heavy atom. The molecule has 0 aliphatic carbocycles. The molecule has 21 heavy (non-hydrogen) atoms. The van der Waals surface area contributed by atoms with Crippen LogP contribution in [0.25, 0.3) is 0 Å². The first-order chi connectivity index (χ1) is 9.84. The molecule has 0 aromatic heterocycles. The minimum absolute atomic E-state index is 0.185. The Labute approximate surface area is 122 Å². The number of nitrogens with one attached hydrogen (secondary N) is 1. The normalized spacial score (nSPS) is 17.1. The van der Waals surface area contributed by atoms with Gasteiger partial charge in [0, 0.05) is 13.1 Å². The van der Waals surface area contributed by atoms with Gasteiger partial charge >= 0.3 is 5.97 Å². The lowest BCUT2D eigenvalue weighted by atomic mass is 10.1. The summed E-state index contributed by atoms with van der Waals surface area (Å²) in [5.74, 6) is -2.35. The van der Waals surface area contributed by atoms with Gasteiger partial charge in [-0.15, -0.1) is 0 Å². The fourth-order valence-electron chi connectivity index (χ4n) is 2.36. The molecular weight excluding hydrogens is 299 g/mol. The van der Waals surface area contributed by atoms with E-state index in [2.05, 4.69) is 5.32 Å². The van der Waals surface area contributed by atoms with E-state index >= 15 is 0 Å². The van der Waals surface area contributed by atoms with Crippen molar-refractivity contribution in [3.05, 3.63) is 29.6 Å². The van der Waals surface area contributed by atoms with Gasteiger partial charge in [0.1, 0.15) is 10.7 Å². The highest BCUT2D eigenvalue weighted by Gasteiger charge is 2.31. The number of piperidine rings is 1. The number of carboxylic acid groups (broad SMARTS) is 1. The molecule has 0 atom stereocenters. The Balaban J connectivity index is 2.32. The topological polar surface area (TPSA) is 86.7 Å². The van der Waals surface area contributed by atoms with Crippen LogP contribution in [-0.4, -0.2) is 50.0 Å². The third-order valence-electron chi connectivity index (χ3n) is 3.66. The molecule has 0 spiro atoms. The lowest BCUT2D eigenvalue weighted by Crippen LogP contribution is -2.44. The summed E-state index contributed by atoms with van der Waals surface area (Å²) in [6.07, 6.45) is 1.31. The van der Waals surface area contributed by atoms with Crippen LogP contribution in [0.4, 0.5) is 4.39 Å². The van der Waals surface area contributed by atoms with Crippen LogP contribution in [0.5, 0.6) is 0 Å². The van der Waals surface area contributed by atoms with Crippen molar-refractivity contribution >= 4 is 16.0 Å². The van der Waals surface area contributed by atoms with Crippen molar-refractivity contribution in [2.75, 3.05) is 20.1 Å². The molecule has 1 heterocycles. The van der Waals surface area contributed by atoms with Crippen LogP contribution in [0.1, 0.15) is 23.2 Å². The predicted molar refractivity (Wildman–Crippen MR) is 74.2 cm³/mol. The van der Waals surface area contributed by atoms with Crippen LogP contribution >= 0.6 is 0 Å². The molecule has 0 unspecified atom stereocenters. The molecule has 1 fully saturated rings. The Kier molecular flexibility index (Phi) is 4.60. The van der Waals surface area contributed by atoms with Crippen molar-refractivity contribution in [1.82, 2.24) is 9.62 Å². The summed E-state index contributed by atoms with van der Waals surface area (Å²) < 4.78 is 40.0. The summed E-state index contributed by atoms with van der Waals surface area (Å²) in [6.45, 7) is 1.43. The second-order valence-corrected chi connectivity index (χ2v) is 6.92. The van der Waals surface area contributed by atoms with E-state index in [1.807, 2.05) is 0 Å². The third-order valence-corrected chi connectivity index (χ3v) is 5.60. The van der Waals surface area contributed by atoms with Gasteiger partial charge in [-0.25, -0.2) is 17.6 Å². The van der Waals surface area contributed by atoms with Gasteiger partial charge in [0.2, 0.25) is 10.0 Å². The first kappa shape index (κ1) is 15.9. The SMILES string of the molecule is CN(C1CCNCC1)S(=O)(=O)c1ccc(C(=O)O)cc1F. The molecule has 1 aliphatic rings.